The molecule has 110 valence electrons. The molecule has 0 atom stereocenters. The molecule has 0 spiro atoms. The number of benzene rings is 1. The van der Waals surface area contributed by atoms with E-state index in [9.17, 15) is 13.2 Å². The number of hydrogen-bond donors (Lipinski definition) is 4. The number of nitrogens with one attached hydrogen (secondary N) is 4. The molecule has 4 N–H and O–H groups in total. The van der Waals surface area contributed by atoms with Gasteiger partial charge in [0.15, 0.2) is 0 Å². The van der Waals surface area contributed by atoms with Crippen LogP contribution >= 0.6 is 0 Å². The quantitative estimate of drug-likeness (QED) is 0.603. The third-order valence-electron chi connectivity index (χ3n) is 3.01. The van der Waals surface area contributed by atoms with E-state index in [0.717, 1.165) is 24.5 Å². The zero-order valence-corrected chi connectivity index (χ0v) is 12.0. The Balaban J connectivity index is 1.96. The highest BCUT2D eigenvalue weighted by molar-refractivity contribution is 7.89. The average molecular weight is 298 g/mol. The van der Waals surface area contributed by atoms with E-state index in [-0.39, 0.29) is 18.2 Å². The molecule has 1 amide bonds. The Hall–Kier alpha value is -1.80. The van der Waals surface area contributed by atoms with Crippen LogP contribution in [0.1, 0.15) is 10.4 Å². The number of carbonyl (C=O) groups is 1. The molecule has 0 fully saturated rings. The van der Waals surface area contributed by atoms with Gasteiger partial charge >= 0.3 is 0 Å². The number of hydrogen-bond acceptors (Lipinski definition) is 5. The average Bonchev–Trinajstić information content (AvgIpc) is 2.46. The van der Waals surface area contributed by atoms with Crippen molar-refractivity contribution in [1.29, 1.82) is 0 Å². The van der Waals surface area contributed by atoms with E-state index in [1.807, 2.05) is 6.07 Å². The largest absolute Gasteiger partial charge is 0.382 e. The van der Waals surface area contributed by atoms with Gasteiger partial charge in [-0.05, 0) is 25.2 Å². The molecule has 1 aliphatic rings. The topological polar surface area (TPSA) is 99.3 Å². The normalized spacial score (nSPS) is 13.8. The number of rotatable bonds is 5. The van der Waals surface area contributed by atoms with Gasteiger partial charge in [-0.3, -0.25) is 4.79 Å². The Morgan fingerprint density at radius 2 is 1.95 bits per heavy atom. The summed E-state index contributed by atoms with van der Waals surface area (Å²) in [4.78, 5) is 11.9. The molecule has 0 saturated heterocycles. The predicted octanol–water partition coefficient (Wildman–Crippen LogP) is -0.197. The van der Waals surface area contributed by atoms with E-state index in [0.29, 0.717) is 5.56 Å². The van der Waals surface area contributed by atoms with Crippen LogP contribution in [-0.4, -0.2) is 46.8 Å². The van der Waals surface area contributed by atoms with Gasteiger partial charge in [0.1, 0.15) is 0 Å². The van der Waals surface area contributed by atoms with Gasteiger partial charge in [-0.2, -0.15) is 0 Å². The Morgan fingerprint density at radius 1 is 1.25 bits per heavy atom. The Kier molecular flexibility index (Phi) is 4.46. The lowest BCUT2D eigenvalue weighted by Crippen LogP contribution is -2.33. The van der Waals surface area contributed by atoms with Crippen LogP contribution in [0.3, 0.4) is 0 Å². The van der Waals surface area contributed by atoms with Crippen molar-refractivity contribution in [3.8, 4) is 0 Å². The molecule has 0 unspecified atom stereocenters. The smallest absolute Gasteiger partial charge is 0.251 e. The van der Waals surface area contributed by atoms with Crippen molar-refractivity contribution in [2.24, 2.45) is 0 Å². The molecule has 0 aromatic heterocycles. The first-order valence-electron chi connectivity index (χ1n) is 6.33. The van der Waals surface area contributed by atoms with Crippen molar-refractivity contribution < 1.29 is 13.2 Å². The molecule has 1 aliphatic heterocycles. The molecule has 0 bridgehead atoms. The van der Waals surface area contributed by atoms with Crippen molar-refractivity contribution >= 4 is 27.3 Å². The fourth-order valence-corrected chi connectivity index (χ4v) is 2.46. The molecular weight excluding hydrogens is 280 g/mol. The molecule has 0 aliphatic carbocycles. The van der Waals surface area contributed by atoms with Crippen molar-refractivity contribution in [2.45, 2.75) is 0 Å². The van der Waals surface area contributed by atoms with E-state index in [1.165, 1.54) is 7.05 Å². The molecule has 1 aromatic rings. The fourth-order valence-electron chi connectivity index (χ4n) is 1.88. The highest BCUT2D eigenvalue weighted by atomic mass is 32.2. The molecule has 0 radical (unpaired) electrons. The summed E-state index contributed by atoms with van der Waals surface area (Å²) in [6.07, 6.45) is 0. The molecule has 8 heteroatoms. The molecule has 1 aromatic carbocycles. The lowest BCUT2D eigenvalue weighted by molar-refractivity contribution is 0.0956. The van der Waals surface area contributed by atoms with Crippen molar-refractivity contribution in [3.63, 3.8) is 0 Å². The summed E-state index contributed by atoms with van der Waals surface area (Å²) >= 11 is 0. The highest BCUT2D eigenvalue weighted by Gasteiger charge is 2.13. The summed E-state index contributed by atoms with van der Waals surface area (Å²) in [5, 5.41) is 9.01. The number of anilines is 2. The fraction of sp³-hybridized carbons (Fsp3) is 0.417. The first-order valence-corrected chi connectivity index (χ1v) is 7.98. The van der Waals surface area contributed by atoms with E-state index < -0.39 is 10.0 Å². The Morgan fingerprint density at radius 3 is 2.65 bits per heavy atom. The third kappa shape index (κ3) is 3.61. The number of amides is 1. The van der Waals surface area contributed by atoms with E-state index >= 15 is 0 Å². The SMILES string of the molecule is CNS(=O)(=O)CCNC(=O)c1ccc2c(c1)NCCN2. The Bertz CT molecular complexity index is 601. The van der Waals surface area contributed by atoms with Crippen LogP contribution in [-0.2, 0) is 10.0 Å². The molecule has 2 rings (SSSR count). The third-order valence-corrected chi connectivity index (χ3v) is 4.37. The summed E-state index contributed by atoms with van der Waals surface area (Å²) in [6.45, 7) is 1.73. The first kappa shape index (κ1) is 14.6. The van der Waals surface area contributed by atoms with Gasteiger partial charge in [-0.15, -0.1) is 0 Å². The predicted molar refractivity (Wildman–Crippen MR) is 78.6 cm³/mol. The lowest BCUT2D eigenvalue weighted by atomic mass is 10.1. The van der Waals surface area contributed by atoms with Gasteiger partial charge in [0.25, 0.3) is 5.91 Å². The van der Waals surface area contributed by atoms with Crippen LogP contribution in [0, 0.1) is 0 Å². The molecule has 20 heavy (non-hydrogen) atoms. The maximum Gasteiger partial charge on any atom is 0.251 e. The number of sulfonamides is 1. The maximum atomic E-state index is 11.9. The summed E-state index contributed by atoms with van der Waals surface area (Å²) in [5.74, 6) is -0.425. The van der Waals surface area contributed by atoms with E-state index in [2.05, 4.69) is 20.7 Å². The Labute approximate surface area is 118 Å². The van der Waals surface area contributed by atoms with Gasteiger partial charge < -0.3 is 16.0 Å². The summed E-state index contributed by atoms with van der Waals surface area (Å²) < 4.78 is 24.7. The van der Waals surface area contributed by atoms with Gasteiger partial charge in [0.2, 0.25) is 10.0 Å². The summed E-state index contributed by atoms with van der Waals surface area (Å²) in [7, 11) is -1.95. The summed E-state index contributed by atoms with van der Waals surface area (Å²) in [6, 6.07) is 5.30. The van der Waals surface area contributed by atoms with Crippen LogP contribution in [0.5, 0.6) is 0 Å². The minimum absolute atomic E-state index is 0.0742. The van der Waals surface area contributed by atoms with Crippen LogP contribution in [0.25, 0.3) is 0 Å². The monoisotopic (exact) mass is 298 g/mol. The zero-order valence-electron chi connectivity index (χ0n) is 11.2. The van der Waals surface area contributed by atoms with Gasteiger partial charge in [0.05, 0.1) is 17.1 Å². The highest BCUT2D eigenvalue weighted by Crippen LogP contribution is 2.25. The van der Waals surface area contributed by atoms with Crippen LogP contribution < -0.4 is 20.7 Å². The van der Waals surface area contributed by atoms with E-state index in [4.69, 9.17) is 0 Å². The maximum absolute atomic E-state index is 11.9. The molecular formula is C12H18N4O3S. The van der Waals surface area contributed by atoms with Gasteiger partial charge in [-0.25, -0.2) is 13.1 Å². The minimum Gasteiger partial charge on any atom is -0.382 e. The molecule has 0 saturated carbocycles. The van der Waals surface area contributed by atoms with Crippen LogP contribution in [0.15, 0.2) is 18.2 Å². The second-order valence-corrected chi connectivity index (χ2v) is 6.44. The van der Waals surface area contributed by atoms with Crippen molar-refractivity contribution in [3.05, 3.63) is 23.8 Å². The van der Waals surface area contributed by atoms with Crippen LogP contribution in [0.2, 0.25) is 0 Å². The lowest BCUT2D eigenvalue weighted by Gasteiger charge is -2.20. The van der Waals surface area contributed by atoms with Gasteiger partial charge in [0, 0.05) is 25.2 Å². The zero-order chi connectivity index (χ0) is 14.6. The minimum atomic E-state index is -3.30. The second-order valence-electron chi connectivity index (χ2n) is 4.39. The molecule has 1 heterocycles. The molecule has 7 nitrogen and oxygen atoms in total. The standard InChI is InChI=1S/C12H18N4O3S/c1-13-20(18,19)7-6-16-12(17)9-2-3-10-11(8-9)15-5-4-14-10/h2-3,8,13-15H,4-7H2,1H3,(H,16,17). The number of fused-ring (bicyclic) bond motifs is 1. The number of carbonyl (C=O) groups excluding carboxylic acids is 1. The van der Waals surface area contributed by atoms with E-state index in [1.54, 1.807) is 12.1 Å². The summed E-state index contributed by atoms with van der Waals surface area (Å²) in [5.41, 5.74) is 2.35. The van der Waals surface area contributed by atoms with Gasteiger partial charge in [-0.1, -0.05) is 0 Å². The first-order chi connectivity index (χ1) is 9.52. The van der Waals surface area contributed by atoms with Crippen molar-refractivity contribution in [2.75, 3.05) is 43.1 Å². The second kappa shape index (κ2) is 6.10. The van der Waals surface area contributed by atoms with Crippen LogP contribution in [0.4, 0.5) is 11.4 Å². The van der Waals surface area contributed by atoms with Crippen molar-refractivity contribution in [1.82, 2.24) is 10.0 Å².